The molecule has 0 aliphatic carbocycles. The van der Waals surface area contributed by atoms with Crippen LogP contribution >= 0.6 is 0 Å². The lowest BCUT2D eigenvalue weighted by Gasteiger charge is -2.14. The van der Waals surface area contributed by atoms with E-state index in [2.05, 4.69) is 39.6 Å². The summed E-state index contributed by atoms with van der Waals surface area (Å²) in [5, 5.41) is 3.37. The summed E-state index contributed by atoms with van der Waals surface area (Å²) < 4.78 is 0. The first kappa shape index (κ1) is 9.70. The highest BCUT2D eigenvalue weighted by molar-refractivity contribution is 4.94. The summed E-state index contributed by atoms with van der Waals surface area (Å²) in [4.78, 5) is 0. The minimum atomic E-state index is 0.585. The van der Waals surface area contributed by atoms with E-state index >= 15 is 0 Å². The van der Waals surface area contributed by atoms with Crippen molar-refractivity contribution in [2.75, 3.05) is 6.54 Å². The summed E-state index contributed by atoms with van der Waals surface area (Å²) in [7, 11) is 0. The first-order valence-corrected chi connectivity index (χ1v) is 3.92. The molecule has 0 fully saturated rings. The highest BCUT2D eigenvalue weighted by Crippen LogP contribution is 2.04. The van der Waals surface area contributed by atoms with Crippen LogP contribution in [0.1, 0.15) is 27.7 Å². The Morgan fingerprint density at radius 1 is 1.40 bits per heavy atom. The van der Waals surface area contributed by atoms with Crippen molar-refractivity contribution >= 4 is 0 Å². The van der Waals surface area contributed by atoms with Crippen molar-refractivity contribution in [3.63, 3.8) is 0 Å². The van der Waals surface area contributed by atoms with Crippen LogP contribution in [0.25, 0.3) is 0 Å². The Morgan fingerprint density at radius 2 is 1.90 bits per heavy atom. The SMILES string of the molecule is C=C(C)C(C)CNC(C)C. The fourth-order valence-corrected chi connectivity index (χ4v) is 0.587. The van der Waals surface area contributed by atoms with Gasteiger partial charge in [0.2, 0.25) is 0 Å². The van der Waals surface area contributed by atoms with E-state index in [0.29, 0.717) is 12.0 Å². The molecule has 0 aromatic rings. The maximum Gasteiger partial charge on any atom is 0.00163 e. The van der Waals surface area contributed by atoms with E-state index in [1.165, 1.54) is 5.57 Å². The van der Waals surface area contributed by atoms with Gasteiger partial charge in [0, 0.05) is 12.6 Å². The predicted molar refractivity (Wildman–Crippen MR) is 47.1 cm³/mol. The van der Waals surface area contributed by atoms with Gasteiger partial charge in [-0.2, -0.15) is 0 Å². The molecule has 1 heteroatoms. The van der Waals surface area contributed by atoms with Gasteiger partial charge < -0.3 is 5.32 Å². The molecule has 0 aliphatic rings. The lowest BCUT2D eigenvalue weighted by molar-refractivity contribution is 0.520. The van der Waals surface area contributed by atoms with Gasteiger partial charge in [0.05, 0.1) is 0 Å². The molecule has 60 valence electrons. The van der Waals surface area contributed by atoms with Gasteiger partial charge >= 0.3 is 0 Å². The number of nitrogens with one attached hydrogen (secondary N) is 1. The van der Waals surface area contributed by atoms with Gasteiger partial charge in [0.25, 0.3) is 0 Å². The normalized spacial score (nSPS) is 13.7. The molecule has 1 nitrogen and oxygen atoms in total. The van der Waals surface area contributed by atoms with E-state index in [1.807, 2.05) is 0 Å². The van der Waals surface area contributed by atoms with Crippen LogP contribution in [0, 0.1) is 5.92 Å². The second-order valence-electron chi connectivity index (χ2n) is 3.31. The molecule has 0 heterocycles. The van der Waals surface area contributed by atoms with Gasteiger partial charge in [-0.1, -0.05) is 32.9 Å². The van der Waals surface area contributed by atoms with Crippen LogP contribution in [-0.2, 0) is 0 Å². The zero-order valence-electron chi connectivity index (χ0n) is 7.57. The Bertz CT molecular complexity index is 105. The molecule has 0 aromatic carbocycles. The predicted octanol–water partition coefficient (Wildman–Crippen LogP) is 2.20. The Morgan fingerprint density at radius 3 is 2.20 bits per heavy atom. The molecular formula is C9H19N. The summed E-state index contributed by atoms with van der Waals surface area (Å²) in [5.74, 6) is 0.599. The van der Waals surface area contributed by atoms with E-state index < -0.39 is 0 Å². The summed E-state index contributed by atoms with van der Waals surface area (Å²) in [6.45, 7) is 13.5. The molecule has 1 atom stereocenters. The van der Waals surface area contributed by atoms with Crippen molar-refractivity contribution in [2.45, 2.75) is 33.7 Å². The molecule has 0 rings (SSSR count). The highest BCUT2D eigenvalue weighted by Gasteiger charge is 2.01. The smallest absolute Gasteiger partial charge is 0.00163 e. The van der Waals surface area contributed by atoms with Crippen LogP contribution in [0.4, 0.5) is 0 Å². The Balaban J connectivity index is 3.40. The number of hydrogen-bond acceptors (Lipinski definition) is 1. The third kappa shape index (κ3) is 4.57. The van der Waals surface area contributed by atoms with Crippen LogP contribution < -0.4 is 5.32 Å². The number of rotatable bonds is 4. The van der Waals surface area contributed by atoms with Crippen LogP contribution in [0.3, 0.4) is 0 Å². The standard InChI is InChI=1S/C9H19N/c1-7(2)9(5)6-10-8(3)4/h8-10H,1,6H2,2-5H3. The average Bonchev–Trinajstić information content (AvgIpc) is 1.82. The lowest BCUT2D eigenvalue weighted by atomic mass is 10.0. The van der Waals surface area contributed by atoms with Gasteiger partial charge in [-0.3, -0.25) is 0 Å². The largest absolute Gasteiger partial charge is 0.314 e. The van der Waals surface area contributed by atoms with Crippen molar-refractivity contribution in [2.24, 2.45) is 5.92 Å². The summed E-state index contributed by atoms with van der Waals surface area (Å²) >= 11 is 0. The quantitative estimate of drug-likeness (QED) is 0.592. The Hall–Kier alpha value is -0.300. The molecule has 0 radical (unpaired) electrons. The van der Waals surface area contributed by atoms with E-state index in [9.17, 15) is 0 Å². The molecule has 0 bridgehead atoms. The first-order chi connectivity index (χ1) is 4.54. The van der Waals surface area contributed by atoms with Crippen molar-refractivity contribution < 1.29 is 0 Å². The van der Waals surface area contributed by atoms with E-state index in [0.717, 1.165) is 6.54 Å². The highest BCUT2D eigenvalue weighted by atomic mass is 14.9. The van der Waals surface area contributed by atoms with E-state index in [-0.39, 0.29) is 0 Å². The molecule has 10 heavy (non-hydrogen) atoms. The minimum Gasteiger partial charge on any atom is -0.314 e. The minimum absolute atomic E-state index is 0.585. The van der Waals surface area contributed by atoms with Gasteiger partial charge in [-0.25, -0.2) is 0 Å². The lowest BCUT2D eigenvalue weighted by Crippen LogP contribution is -2.28. The fourth-order valence-electron chi connectivity index (χ4n) is 0.587. The van der Waals surface area contributed by atoms with Crippen LogP contribution in [0.15, 0.2) is 12.2 Å². The Kier molecular flexibility index (Phi) is 4.37. The van der Waals surface area contributed by atoms with E-state index in [4.69, 9.17) is 0 Å². The molecule has 0 aromatic heterocycles. The van der Waals surface area contributed by atoms with Gasteiger partial charge in [-0.05, 0) is 12.8 Å². The molecule has 0 aliphatic heterocycles. The van der Waals surface area contributed by atoms with Crippen molar-refractivity contribution in [1.29, 1.82) is 0 Å². The summed E-state index contributed by atoms with van der Waals surface area (Å²) in [6, 6.07) is 0.585. The molecule has 0 amide bonds. The van der Waals surface area contributed by atoms with E-state index in [1.54, 1.807) is 0 Å². The maximum absolute atomic E-state index is 3.89. The summed E-state index contributed by atoms with van der Waals surface area (Å²) in [6.07, 6.45) is 0. The van der Waals surface area contributed by atoms with Crippen LogP contribution in [0.5, 0.6) is 0 Å². The number of hydrogen-bond donors (Lipinski definition) is 1. The molecule has 1 N–H and O–H groups in total. The zero-order chi connectivity index (χ0) is 8.15. The van der Waals surface area contributed by atoms with Crippen molar-refractivity contribution in [3.8, 4) is 0 Å². The van der Waals surface area contributed by atoms with Crippen molar-refractivity contribution in [1.82, 2.24) is 5.32 Å². The Labute approximate surface area is 64.5 Å². The maximum atomic E-state index is 3.89. The van der Waals surface area contributed by atoms with Crippen molar-refractivity contribution in [3.05, 3.63) is 12.2 Å². The van der Waals surface area contributed by atoms with Gasteiger partial charge in [-0.15, -0.1) is 0 Å². The molecule has 0 saturated carbocycles. The van der Waals surface area contributed by atoms with Gasteiger partial charge in [0.1, 0.15) is 0 Å². The third-order valence-corrected chi connectivity index (χ3v) is 1.67. The zero-order valence-corrected chi connectivity index (χ0v) is 7.57. The molecule has 1 unspecified atom stereocenters. The molecular weight excluding hydrogens is 122 g/mol. The van der Waals surface area contributed by atoms with Gasteiger partial charge in [0.15, 0.2) is 0 Å². The second kappa shape index (κ2) is 4.51. The monoisotopic (exact) mass is 141 g/mol. The third-order valence-electron chi connectivity index (χ3n) is 1.67. The summed E-state index contributed by atoms with van der Waals surface area (Å²) in [5.41, 5.74) is 1.26. The topological polar surface area (TPSA) is 12.0 Å². The fraction of sp³-hybridized carbons (Fsp3) is 0.778. The van der Waals surface area contributed by atoms with Crippen LogP contribution in [0.2, 0.25) is 0 Å². The van der Waals surface area contributed by atoms with Crippen LogP contribution in [-0.4, -0.2) is 12.6 Å². The molecule has 0 saturated heterocycles. The average molecular weight is 141 g/mol. The second-order valence-corrected chi connectivity index (χ2v) is 3.31. The first-order valence-electron chi connectivity index (χ1n) is 3.92. The molecule has 0 spiro atoms.